The second kappa shape index (κ2) is 8.53. The van der Waals surface area contributed by atoms with Crippen molar-refractivity contribution in [2.75, 3.05) is 11.9 Å². The summed E-state index contributed by atoms with van der Waals surface area (Å²) >= 11 is 0. The molecular weight excluding hydrogens is 368 g/mol. The van der Waals surface area contributed by atoms with E-state index in [4.69, 9.17) is 0 Å². The molecule has 7 heteroatoms. The highest BCUT2D eigenvalue weighted by atomic mass is 16.3. The van der Waals surface area contributed by atoms with Crippen molar-refractivity contribution >= 4 is 17.8 Å². The molecule has 0 fully saturated rings. The highest BCUT2D eigenvalue weighted by Gasteiger charge is 2.32. The lowest BCUT2D eigenvalue weighted by Gasteiger charge is -2.25. The zero-order valence-electron chi connectivity index (χ0n) is 17.0. The van der Waals surface area contributed by atoms with Crippen LogP contribution in [-0.4, -0.2) is 35.5 Å². The van der Waals surface area contributed by atoms with E-state index >= 15 is 0 Å². The number of carbonyl (C=O) groups excluding carboxylic acids is 1. The molecule has 5 N–H and O–H groups in total. The summed E-state index contributed by atoms with van der Waals surface area (Å²) < 4.78 is 0. The Kier molecular flexibility index (Phi) is 6.08. The zero-order chi connectivity index (χ0) is 21.1. The van der Waals surface area contributed by atoms with Crippen LogP contribution >= 0.6 is 0 Å². The third-order valence-electron chi connectivity index (χ3n) is 5.31. The number of phenolic OH excluding ortho intramolecular Hbond substituents is 2. The normalized spacial score (nSPS) is 17.3. The van der Waals surface area contributed by atoms with E-state index in [1.807, 2.05) is 19.9 Å². The number of benzene rings is 2. The average Bonchev–Trinajstić information content (AvgIpc) is 3.35. The molecule has 154 valence electrons. The number of aryl methyl sites for hydroxylation is 2. The number of aldehydes is 1. The van der Waals surface area contributed by atoms with E-state index in [2.05, 4.69) is 28.4 Å². The van der Waals surface area contributed by atoms with Crippen molar-refractivity contribution in [3.8, 4) is 11.5 Å². The molecular formula is C22H28N4O3. The lowest BCUT2D eigenvalue weighted by Crippen LogP contribution is -2.42. The molecule has 2 aromatic rings. The summed E-state index contributed by atoms with van der Waals surface area (Å²) in [5.74, 6) is 0.517. The average molecular weight is 396 g/mol. The van der Waals surface area contributed by atoms with Crippen LogP contribution in [0.15, 0.2) is 35.4 Å². The topological polar surface area (TPSA) is 111 Å². The fraction of sp³-hybridized carbons (Fsp3) is 0.364. The third-order valence-corrected chi connectivity index (χ3v) is 5.31. The number of fused-ring (bicyclic) bond motifs is 1. The van der Waals surface area contributed by atoms with E-state index in [9.17, 15) is 15.0 Å². The smallest absolute Gasteiger partial charge is 0.177 e. The van der Waals surface area contributed by atoms with Crippen LogP contribution in [0.2, 0.25) is 0 Å². The molecule has 2 aromatic carbocycles. The first kappa shape index (κ1) is 20.7. The number of hydrazone groups is 1. The molecule has 0 aromatic heterocycles. The zero-order valence-corrected chi connectivity index (χ0v) is 17.0. The Bertz CT molecular complexity index is 940. The maximum absolute atomic E-state index is 11.6. The molecule has 0 radical (unpaired) electrons. The minimum atomic E-state index is -0.643. The Morgan fingerprint density at radius 1 is 1.14 bits per heavy atom. The van der Waals surface area contributed by atoms with Gasteiger partial charge in [-0.2, -0.15) is 5.10 Å². The number of anilines is 1. The van der Waals surface area contributed by atoms with E-state index < -0.39 is 6.17 Å². The van der Waals surface area contributed by atoms with Crippen molar-refractivity contribution in [1.82, 2.24) is 5.43 Å². The summed E-state index contributed by atoms with van der Waals surface area (Å²) in [6, 6.07) is 9.27. The Morgan fingerprint density at radius 3 is 2.55 bits per heavy atom. The molecule has 1 atom stereocenters. The molecule has 1 aliphatic heterocycles. The van der Waals surface area contributed by atoms with Gasteiger partial charge in [-0.05, 0) is 67.1 Å². The quantitative estimate of drug-likeness (QED) is 0.591. The van der Waals surface area contributed by atoms with Crippen LogP contribution in [0.25, 0.3) is 0 Å². The lowest BCUT2D eigenvalue weighted by atomic mass is 9.98. The summed E-state index contributed by atoms with van der Waals surface area (Å²) in [6.45, 7) is 3.94. The van der Waals surface area contributed by atoms with Gasteiger partial charge in [0.15, 0.2) is 18.3 Å². The van der Waals surface area contributed by atoms with Gasteiger partial charge in [0.05, 0.1) is 5.56 Å². The number of hydrogen-bond acceptors (Lipinski definition) is 7. The molecule has 1 heterocycles. The van der Waals surface area contributed by atoms with Crippen molar-refractivity contribution in [1.29, 1.82) is 0 Å². The molecule has 7 nitrogen and oxygen atoms in total. The summed E-state index contributed by atoms with van der Waals surface area (Å²) in [4.78, 5) is 13.4. The number of phenols is 2. The molecule has 1 aliphatic carbocycles. The summed E-state index contributed by atoms with van der Waals surface area (Å²) in [5, 5.41) is 24.9. The molecule has 4 rings (SSSR count). The minimum absolute atomic E-state index is 0.0498. The van der Waals surface area contributed by atoms with E-state index in [0.717, 1.165) is 31.2 Å². The SMILES string of the molecule is CC(C)c1cc(C2=NNC(C=O)N2c2ccc3c(c2)CCC3)c(O)cc1O.CN. The van der Waals surface area contributed by atoms with E-state index in [1.54, 1.807) is 11.0 Å². The van der Waals surface area contributed by atoms with E-state index in [1.165, 1.54) is 24.2 Å². The van der Waals surface area contributed by atoms with Gasteiger partial charge in [0.2, 0.25) is 0 Å². The largest absolute Gasteiger partial charge is 0.508 e. The van der Waals surface area contributed by atoms with Crippen LogP contribution in [0.4, 0.5) is 5.69 Å². The van der Waals surface area contributed by atoms with Crippen LogP contribution in [0.5, 0.6) is 11.5 Å². The van der Waals surface area contributed by atoms with Crippen LogP contribution in [0, 0.1) is 0 Å². The number of amidine groups is 1. The molecule has 0 bridgehead atoms. The van der Waals surface area contributed by atoms with Crippen LogP contribution < -0.4 is 16.1 Å². The summed E-state index contributed by atoms with van der Waals surface area (Å²) in [5.41, 5.74) is 12.0. The van der Waals surface area contributed by atoms with Gasteiger partial charge in [0.1, 0.15) is 11.5 Å². The van der Waals surface area contributed by atoms with Gasteiger partial charge in [-0.3, -0.25) is 15.1 Å². The number of nitrogens with one attached hydrogen (secondary N) is 1. The predicted octanol–water partition coefficient (Wildman–Crippen LogP) is 2.58. The first-order valence-electron chi connectivity index (χ1n) is 9.83. The van der Waals surface area contributed by atoms with Crippen molar-refractivity contribution < 1.29 is 15.0 Å². The van der Waals surface area contributed by atoms with E-state index in [0.29, 0.717) is 17.0 Å². The minimum Gasteiger partial charge on any atom is -0.508 e. The van der Waals surface area contributed by atoms with Gasteiger partial charge < -0.3 is 15.9 Å². The predicted molar refractivity (Wildman–Crippen MR) is 114 cm³/mol. The Hall–Kier alpha value is -3.06. The van der Waals surface area contributed by atoms with Gasteiger partial charge in [-0.25, -0.2) is 0 Å². The van der Waals surface area contributed by atoms with Gasteiger partial charge in [0.25, 0.3) is 0 Å². The fourth-order valence-corrected chi connectivity index (χ4v) is 3.88. The Balaban J connectivity index is 0.00000117. The van der Waals surface area contributed by atoms with Gasteiger partial charge in [-0.15, -0.1) is 0 Å². The Morgan fingerprint density at radius 2 is 1.86 bits per heavy atom. The summed E-state index contributed by atoms with van der Waals surface area (Å²) in [6.07, 6.45) is 3.42. The maximum Gasteiger partial charge on any atom is 0.177 e. The number of carbonyl (C=O) groups is 1. The highest BCUT2D eigenvalue weighted by Crippen LogP contribution is 2.36. The van der Waals surface area contributed by atoms with Gasteiger partial charge >= 0.3 is 0 Å². The molecule has 2 aliphatic rings. The molecule has 1 unspecified atom stereocenters. The van der Waals surface area contributed by atoms with Crippen molar-refractivity contribution in [3.63, 3.8) is 0 Å². The lowest BCUT2D eigenvalue weighted by molar-refractivity contribution is -0.109. The number of rotatable bonds is 4. The van der Waals surface area contributed by atoms with Crippen LogP contribution in [0.1, 0.15) is 48.4 Å². The molecule has 0 saturated heterocycles. The van der Waals surface area contributed by atoms with E-state index in [-0.39, 0.29) is 17.4 Å². The molecule has 0 spiro atoms. The number of hydrogen-bond donors (Lipinski definition) is 4. The van der Waals surface area contributed by atoms with Gasteiger partial charge in [-0.1, -0.05) is 19.9 Å². The second-order valence-corrected chi connectivity index (χ2v) is 7.40. The third kappa shape index (κ3) is 3.78. The second-order valence-electron chi connectivity index (χ2n) is 7.40. The number of nitrogens with zero attached hydrogens (tertiary/aromatic N) is 2. The fourth-order valence-electron chi connectivity index (χ4n) is 3.88. The van der Waals surface area contributed by atoms with Crippen LogP contribution in [-0.2, 0) is 17.6 Å². The maximum atomic E-state index is 11.6. The summed E-state index contributed by atoms with van der Waals surface area (Å²) in [7, 11) is 1.50. The first-order chi connectivity index (χ1) is 14.0. The number of nitrogens with two attached hydrogens (primary N) is 1. The molecule has 29 heavy (non-hydrogen) atoms. The van der Waals surface area contributed by atoms with Crippen molar-refractivity contribution in [2.24, 2.45) is 10.8 Å². The highest BCUT2D eigenvalue weighted by molar-refractivity contribution is 6.14. The van der Waals surface area contributed by atoms with Crippen molar-refractivity contribution in [2.45, 2.75) is 45.2 Å². The standard InChI is InChI=1S/C21H23N3O3.CH5N/c1-12(2)16-9-17(19(27)10-18(16)26)21-23-22-20(11-25)24(21)15-7-6-13-4-3-5-14(13)8-15;1-2/h6-12,20,22,26-27H,3-5H2,1-2H3;2H2,1H3. The van der Waals surface area contributed by atoms with Gasteiger partial charge in [0, 0.05) is 11.8 Å². The Labute approximate surface area is 170 Å². The first-order valence-corrected chi connectivity index (χ1v) is 9.83. The number of aromatic hydroxyl groups is 2. The molecule has 0 saturated carbocycles. The molecule has 0 amide bonds. The monoisotopic (exact) mass is 396 g/mol. The van der Waals surface area contributed by atoms with Crippen LogP contribution in [0.3, 0.4) is 0 Å². The van der Waals surface area contributed by atoms with Crippen molar-refractivity contribution in [3.05, 3.63) is 52.6 Å².